The molecule has 0 fully saturated rings. The maximum atomic E-state index is 13.0. The van der Waals surface area contributed by atoms with Gasteiger partial charge < -0.3 is 14.8 Å². The van der Waals surface area contributed by atoms with E-state index < -0.39 is 12.3 Å². The number of esters is 2. The van der Waals surface area contributed by atoms with Gasteiger partial charge in [0.05, 0.1) is 5.56 Å². The predicted octanol–water partition coefficient (Wildman–Crippen LogP) is 10.8. The van der Waals surface area contributed by atoms with E-state index in [0.29, 0.717) is 12.0 Å². The average Bonchev–Trinajstić information content (AvgIpc) is 3.01. The summed E-state index contributed by atoms with van der Waals surface area (Å²) in [5.41, 5.74) is 4.25. The molecule has 46 heavy (non-hydrogen) atoms. The molecule has 6 heteroatoms. The summed E-state index contributed by atoms with van der Waals surface area (Å²) in [6, 6.07) is 12.5. The quantitative estimate of drug-likeness (QED) is 0.0945. The van der Waals surface area contributed by atoms with Crippen molar-refractivity contribution in [3.8, 4) is 0 Å². The standard InChI is InChI=1S/C40H59NO5/c1-7-8-9-10-11-12-13-14-15-16-17-18-19-20-36(42)45-30(2)46-38(44)32-23-21-31(22-24-32)37(43)41-33-25-26-34-35(29-33)40(5,6)28-27-39(34,3)4/h21-26,29-30H,7-20,27-28H2,1-6H3,(H,41,43). The first-order chi connectivity index (χ1) is 21.9. The van der Waals surface area contributed by atoms with Crippen LogP contribution in [0.1, 0.15) is 176 Å². The number of unbranched alkanes of at least 4 members (excludes halogenated alkanes) is 12. The Kier molecular flexibility index (Phi) is 14.8. The Morgan fingerprint density at radius 2 is 1.17 bits per heavy atom. The highest BCUT2D eigenvalue weighted by Crippen LogP contribution is 2.46. The number of carbonyl (C=O) groups excluding carboxylic acids is 3. The number of rotatable bonds is 19. The molecule has 0 saturated heterocycles. The second-order valence-electron chi connectivity index (χ2n) is 14.5. The Balaban J connectivity index is 1.33. The lowest BCUT2D eigenvalue weighted by molar-refractivity contribution is -0.165. The Morgan fingerprint density at radius 3 is 1.74 bits per heavy atom. The van der Waals surface area contributed by atoms with Gasteiger partial charge in [0.1, 0.15) is 0 Å². The van der Waals surface area contributed by atoms with Gasteiger partial charge in [0, 0.05) is 24.6 Å². The van der Waals surface area contributed by atoms with Crippen molar-refractivity contribution in [3.63, 3.8) is 0 Å². The molecular weight excluding hydrogens is 574 g/mol. The van der Waals surface area contributed by atoms with E-state index in [2.05, 4.69) is 52.1 Å². The summed E-state index contributed by atoms with van der Waals surface area (Å²) >= 11 is 0. The van der Waals surface area contributed by atoms with Gasteiger partial charge in [-0.3, -0.25) is 9.59 Å². The minimum absolute atomic E-state index is 0.0469. The van der Waals surface area contributed by atoms with Crippen molar-refractivity contribution >= 4 is 23.5 Å². The van der Waals surface area contributed by atoms with Crippen LogP contribution in [0.3, 0.4) is 0 Å². The molecule has 1 atom stereocenters. The van der Waals surface area contributed by atoms with Crippen LogP contribution in [0.25, 0.3) is 0 Å². The van der Waals surface area contributed by atoms with Gasteiger partial charge in [0.25, 0.3) is 5.91 Å². The SMILES string of the molecule is CCCCCCCCCCCCCCCC(=O)OC(C)OC(=O)c1ccc(C(=O)Nc2ccc3c(c2)C(C)(C)CCC3(C)C)cc1. The topological polar surface area (TPSA) is 81.7 Å². The van der Waals surface area contributed by atoms with Crippen LogP contribution in [0, 0.1) is 0 Å². The van der Waals surface area contributed by atoms with Gasteiger partial charge in [-0.1, -0.05) is 118 Å². The number of ether oxygens (including phenoxy) is 2. The molecule has 0 aliphatic heterocycles. The molecule has 0 saturated carbocycles. The summed E-state index contributed by atoms with van der Waals surface area (Å²) in [6.07, 6.45) is 17.8. The van der Waals surface area contributed by atoms with Crippen LogP contribution in [0.15, 0.2) is 42.5 Å². The van der Waals surface area contributed by atoms with Crippen molar-refractivity contribution in [1.82, 2.24) is 0 Å². The third kappa shape index (κ3) is 11.9. The molecule has 0 radical (unpaired) electrons. The molecule has 2 aromatic rings. The maximum Gasteiger partial charge on any atom is 0.341 e. The molecule has 2 aromatic carbocycles. The monoisotopic (exact) mass is 633 g/mol. The van der Waals surface area contributed by atoms with Gasteiger partial charge in [0.15, 0.2) is 0 Å². The van der Waals surface area contributed by atoms with Crippen LogP contribution in [0.2, 0.25) is 0 Å². The van der Waals surface area contributed by atoms with Crippen LogP contribution in [0.4, 0.5) is 5.69 Å². The van der Waals surface area contributed by atoms with E-state index in [4.69, 9.17) is 9.47 Å². The Morgan fingerprint density at radius 1 is 0.674 bits per heavy atom. The summed E-state index contributed by atoms with van der Waals surface area (Å²) in [5, 5.41) is 3.01. The van der Waals surface area contributed by atoms with Crippen molar-refractivity contribution in [3.05, 3.63) is 64.7 Å². The molecular formula is C40H59NO5. The van der Waals surface area contributed by atoms with E-state index in [1.54, 1.807) is 31.2 Å². The van der Waals surface area contributed by atoms with Gasteiger partial charge in [-0.15, -0.1) is 0 Å². The van der Waals surface area contributed by atoms with Crippen LogP contribution < -0.4 is 5.32 Å². The van der Waals surface area contributed by atoms with E-state index in [9.17, 15) is 14.4 Å². The van der Waals surface area contributed by atoms with Gasteiger partial charge in [0.2, 0.25) is 6.29 Å². The first-order valence-electron chi connectivity index (χ1n) is 17.9. The number of fused-ring (bicyclic) bond motifs is 1. The number of carbonyl (C=O) groups is 3. The Bertz CT molecular complexity index is 1260. The smallest absolute Gasteiger partial charge is 0.341 e. The lowest BCUT2D eigenvalue weighted by Gasteiger charge is -2.42. The second kappa shape index (κ2) is 18.3. The van der Waals surface area contributed by atoms with Crippen molar-refractivity contribution in [2.24, 2.45) is 0 Å². The molecule has 1 aliphatic rings. The van der Waals surface area contributed by atoms with Crippen LogP contribution in [-0.4, -0.2) is 24.1 Å². The minimum atomic E-state index is -0.983. The van der Waals surface area contributed by atoms with E-state index in [1.807, 2.05) is 6.07 Å². The molecule has 254 valence electrons. The van der Waals surface area contributed by atoms with Gasteiger partial charge in [-0.2, -0.15) is 0 Å². The highest BCUT2D eigenvalue weighted by Gasteiger charge is 2.37. The maximum absolute atomic E-state index is 13.0. The summed E-state index contributed by atoms with van der Waals surface area (Å²) in [4.78, 5) is 37.9. The fraction of sp³-hybridized carbons (Fsp3) is 0.625. The summed E-state index contributed by atoms with van der Waals surface area (Å²) in [6.45, 7) is 12.9. The molecule has 0 aromatic heterocycles. The van der Waals surface area contributed by atoms with E-state index in [0.717, 1.165) is 37.8 Å². The van der Waals surface area contributed by atoms with Crippen LogP contribution in [-0.2, 0) is 25.1 Å². The van der Waals surface area contributed by atoms with E-state index in [-0.39, 0.29) is 28.3 Å². The molecule has 1 aliphatic carbocycles. The Hall–Kier alpha value is -3.15. The first kappa shape index (κ1) is 37.3. The number of hydrogen-bond acceptors (Lipinski definition) is 5. The summed E-state index contributed by atoms with van der Waals surface area (Å²) < 4.78 is 10.6. The average molecular weight is 634 g/mol. The first-order valence-corrected chi connectivity index (χ1v) is 17.9. The second-order valence-corrected chi connectivity index (χ2v) is 14.5. The van der Waals surface area contributed by atoms with E-state index in [1.165, 1.54) is 75.3 Å². The highest BCUT2D eigenvalue weighted by atomic mass is 16.7. The Labute approximate surface area is 278 Å². The molecule has 1 unspecified atom stereocenters. The summed E-state index contributed by atoms with van der Waals surface area (Å²) in [7, 11) is 0. The molecule has 3 rings (SSSR count). The molecule has 0 spiro atoms. The zero-order valence-corrected chi connectivity index (χ0v) is 29.5. The van der Waals surface area contributed by atoms with Gasteiger partial charge in [-0.05, 0) is 77.6 Å². The number of anilines is 1. The largest absolute Gasteiger partial charge is 0.425 e. The van der Waals surface area contributed by atoms with Crippen molar-refractivity contribution in [1.29, 1.82) is 0 Å². The molecule has 1 N–H and O–H groups in total. The summed E-state index contributed by atoms with van der Waals surface area (Å²) in [5.74, 6) is -1.21. The predicted molar refractivity (Wildman–Crippen MR) is 187 cm³/mol. The highest BCUT2D eigenvalue weighted by molar-refractivity contribution is 6.05. The number of amides is 1. The van der Waals surface area contributed by atoms with Crippen molar-refractivity contribution < 1.29 is 23.9 Å². The molecule has 6 nitrogen and oxygen atoms in total. The van der Waals surface area contributed by atoms with Crippen LogP contribution >= 0.6 is 0 Å². The number of hydrogen-bond donors (Lipinski definition) is 1. The fourth-order valence-electron chi connectivity index (χ4n) is 6.40. The molecule has 1 amide bonds. The lowest BCUT2D eigenvalue weighted by atomic mass is 9.63. The zero-order valence-electron chi connectivity index (χ0n) is 29.5. The van der Waals surface area contributed by atoms with Gasteiger partial charge in [-0.25, -0.2) is 4.79 Å². The molecule has 0 heterocycles. The van der Waals surface area contributed by atoms with Crippen molar-refractivity contribution in [2.45, 2.75) is 161 Å². The van der Waals surface area contributed by atoms with Crippen molar-refractivity contribution in [2.75, 3.05) is 5.32 Å². The minimum Gasteiger partial charge on any atom is -0.425 e. The van der Waals surface area contributed by atoms with E-state index >= 15 is 0 Å². The third-order valence-corrected chi connectivity index (χ3v) is 9.55. The zero-order chi connectivity index (χ0) is 33.6. The molecule has 0 bridgehead atoms. The number of nitrogens with one attached hydrogen (secondary N) is 1. The van der Waals surface area contributed by atoms with Crippen LogP contribution in [0.5, 0.6) is 0 Å². The normalized spacial score (nSPS) is 15.4. The fourth-order valence-corrected chi connectivity index (χ4v) is 6.40. The lowest BCUT2D eigenvalue weighted by Crippen LogP contribution is -2.33. The number of benzene rings is 2. The third-order valence-electron chi connectivity index (χ3n) is 9.55. The van der Waals surface area contributed by atoms with Gasteiger partial charge >= 0.3 is 11.9 Å².